The first-order valence-electron chi connectivity index (χ1n) is 7.37. The third-order valence-corrected chi connectivity index (χ3v) is 7.13. The van der Waals surface area contributed by atoms with Crippen molar-refractivity contribution in [3.05, 3.63) is 30.3 Å². The summed E-state index contributed by atoms with van der Waals surface area (Å²) in [6.07, 6.45) is 5.05. The van der Waals surface area contributed by atoms with Crippen molar-refractivity contribution in [1.82, 2.24) is 0 Å². The van der Waals surface area contributed by atoms with Crippen LogP contribution in [0, 0.1) is 0 Å². The molecule has 1 aromatic carbocycles. The van der Waals surface area contributed by atoms with Gasteiger partial charge in [0.15, 0.2) is 0 Å². The van der Waals surface area contributed by atoms with Gasteiger partial charge in [-0.15, -0.1) is 0 Å². The van der Waals surface area contributed by atoms with Gasteiger partial charge in [-0.1, -0.05) is 37.5 Å². The lowest BCUT2D eigenvalue weighted by molar-refractivity contribution is 0.0606. The van der Waals surface area contributed by atoms with E-state index in [4.69, 9.17) is 4.18 Å². The molecule has 1 aliphatic carbocycles. The molecule has 22 heavy (non-hydrogen) atoms. The van der Waals surface area contributed by atoms with Crippen LogP contribution in [0.3, 0.4) is 0 Å². The molecule has 124 valence electrons. The smallest absolute Gasteiger partial charge is 0.263 e. The lowest BCUT2D eigenvalue weighted by Crippen LogP contribution is -2.43. The quantitative estimate of drug-likeness (QED) is 0.769. The van der Waals surface area contributed by atoms with E-state index in [1.807, 2.05) is 18.2 Å². The van der Waals surface area contributed by atoms with Gasteiger partial charge < -0.3 is 0 Å². The molecule has 1 atom stereocenters. The van der Waals surface area contributed by atoms with E-state index in [1.165, 1.54) is 7.05 Å². The van der Waals surface area contributed by atoms with E-state index < -0.39 is 25.4 Å². The summed E-state index contributed by atoms with van der Waals surface area (Å²) in [5.74, 6) is 0.119. The highest BCUT2D eigenvalue weighted by Crippen LogP contribution is 2.36. The predicted molar refractivity (Wildman–Crippen MR) is 87.8 cm³/mol. The highest BCUT2D eigenvalue weighted by atomic mass is 32.2. The molecule has 5 nitrogen and oxygen atoms in total. The summed E-state index contributed by atoms with van der Waals surface area (Å²) >= 11 is 0. The van der Waals surface area contributed by atoms with Crippen molar-refractivity contribution >= 4 is 19.8 Å². The van der Waals surface area contributed by atoms with E-state index in [9.17, 15) is 12.6 Å². The molecule has 0 bridgehead atoms. The first kappa shape index (κ1) is 17.4. The fraction of sp³-hybridized carbons (Fsp3) is 0.600. The Kier molecular flexibility index (Phi) is 5.29. The van der Waals surface area contributed by atoms with Crippen molar-refractivity contribution in [2.24, 2.45) is 4.36 Å². The molecule has 2 rings (SSSR count). The molecule has 1 saturated carbocycles. The average Bonchev–Trinajstić information content (AvgIpc) is 2.47. The maximum Gasteiger partial charge on any atom is 0.264 e. The largest absolute Gasteiger partial charge is 0.264 e. The van der Waals surface area contributed by atoms with E-state index in [-0.39, 0.29) is 5.75 Å². The van der Waals surface area contributed by atoms with Gasteiger partial charge in [0.05, 0.1) is 21.7 Å². The number of hydrogen-bond donors (Lipinski definition) is 0. The number of nitrogens with zero attached hydrogens (tertiary/aromatic N) is 1. The van der Waals surface area contributed by atoms with Crippen molar-refractivity contribution in [2.45, 2.75) is 42.6 Å². The molecular weight excluding hydrogens is 322 g/mol. The monoisotopic (exact) mass is 345 g/mol. The number of rotatable bonds is 5. The molecular formula is C15H23NO4S2. The SMILES string of the molecule is CN=S(=O)(CC1(OS(C)(=O)=O)CCCCC1)c1ccccc1. The molecule has 7 heteroatoms. The van der Waals surface area contributed by atoms with Gasteiger partial charge in [-0.05, 0) is 25.0 Å². The summed E-state index contributed by atoms with van der Waals surface area (Å²) in [5.41, 5.74) is -0.904. The maximum atomic E-state index is 13.3. The van der Waals surface area contributed by atoms with Gasteiger partial charge in [-0.3, -0.25) is 4.18 Å². The highest BCUT2D eigenvalue weighted by molar-refractivity contribution is 7.93. The summed E-state index contributed by atoms with van der Waals surface area (Å²) < 4.78 is 46.1. The van der Waals surface area contributed by atoms with Crippen LogP contribution in [0.25, 0.3) is 0 Å². The molecule has 0 N–H and O–H groups in total. The third kappa shape index (κ3) is 4.30. The third-order valence-electron chi connectivity index (χ3n) is 3.96. The topological polar surface area (TPSA) is 72.8 Å². The van der Waals surface area contributed by atoms with Gasteiger partial charge in [0.25, 0.3) is 10.1 Å². The Morgan fingerprint density at radius 2 is 1.68 bits per heavy atom. The fourth-order valence-electron chi connectivity index (χ4n) is 3.01. The predicted octanol–water partition coefficient (Wildman–Crippen LogP) is 2.82. The molecule has 0 aromatic heterocycles. The van der Waals surface area contributed by atoms with Crippen LogP contribution in [0.15, 0.2) is 39.6 Å². The van der Waals surface area contributed by atoms with Crippen molar-refractivity contribution in [3.8, 4) is 0 Å². The summed E-state index contributed by atoms with van der Waals surface area (Å²) in [6, 6.07) is 9.01. The minimum absolute atomic E-state index is 0.119. The summed E-state index contributed by atoms with van der Waals surface area (Å²) in [4.78, 5) is 0.625. The van der Waals surface area contributed by atoms with Crippen molar-refractivity contribution in [3.63, 3.8) is 0 Å². The zero-order valence-corrected chi connectivity index (χ0v) is 14.7. The summed E-state index contributed by atoms with van der Waals surface area (Å²) in [6.45, 7) is 0. The Labute approximate surface area is 133 Å². The Bertz CT molecular complexity index is 713. The molecule has 0 saturated heterocycles. The van der Waals surface area contributed by atoms with Gasteiger partial charge in [0.2, 0.25) is 0 Å². The Morgan fingerprint density at radius 3 is 2.18 bits per heavy atom. The standard InChI is InChI=1S/C15H23NO4S2/c1-16-22(19,14-9-5-3-6-10-14)13-15(20-21(2,17)18)11-7-4-8-12-15/h3,5-6,9-10H,4,7-8,11-13H2,1-2H3. The molecule has 0 spiro atoms. The Balaban J connectivity index is 2.39. The highest BCUT2D eigenvalue weighted by Gasteiger charge is 2.40. The van der Waals surface area contributed by atoms with Crippen LogP contribution in [0.2, 0.25) is 0 Å². The van der Waals surface area contributed by atoms with Crippen LogP contribution in [0.4, 0.5) is 0 Å². The molecule has 0 radical (unpaired) electrons. The van der Waals surface area contributed by atoms with Gasteiger partial charge in [0.1, 0.15) is 5.60 Å². The van der Waals surface area contributed by atoms with E-state index in [0.717, 1.165) is 25.5 Å². The van der Waals surface area contributed by atoms with Crippen molar-refractivity contribution in [2.75, 3.05) is 19.1 Å². The first-order valence-corrected chi connectivity index (χ1v) is 10.9. The van der Waals surface area contributed by atoms with Crippen LogP contribution < -0.4 is 0 Å². The molecule has 1 aliphatic rings. The average molecular weight is 345 g/mol. The van der Waals surface area contributed by atoms with Gasteiger partial charge in [-0.25, -0.2) is 8.57 Å². The lowest BCUT2D eigenvalue weighted by atomic mass is 9.86. The van der Waals surface area contributed by atoms with Gasteiger partial charge >= 0.3 is 0 Å². The van der Waals surface area contributed by atoms with Crippen LogP contribution in [0.5, 0.6) is 0 Å². The maximum absolute atomic E-state index is 13.3. The van der Waals surface area contributed by atoms with Crippen molar-refractivity contribution < 1.29 is 16.8 Å². The second kappa shape index (κ2) is 6.68. The minimum Gasteiger partial charge on any atom is -0.263 e. The lowest BCUT2D eigenvalue weighted by Gasteiger charge is -2.36. The summed E-state index contributed by atoms with van der Waals surface area (Å²) in [7, 11) is -4.79. The van der Waals surface area contributed by atoms with E-state index in [1.54, 1.807) is 12.1 Å². The molecule has 0 amide bonds. The van der Waals surface area contributed by atoms with Crippen LogP contribution in [-0.2, 0) is 24.0 Å². The Hall–Kier alpha value is -0.920. The minimum atomic E-state index is -3.61. The normalized spacial score (nSPS) is 21.0. The van der Waals surface area contributed by atoms with E-state index in [2.05, 4.69) is 4.36 Å². The molecule has 1 aromatic rings. The van der Waals surface area contributed by atoms with Gasteiger partial charge in [0, 0.05) is 11.9 Å². The molecule has 0 heterocycles. The van der Waals surface area contributed by atoms with E-state index in [0.29, 0.717) is 17.7 Å². The van der Waals surface area contributed by atoms with Crippen molar-refractivity contribution in [1.29, 1.82) is 0 Å². The zero-order valence-electron chi connectivity index (χ0n) is 13.0. The Morgan fingerprint density at radius 1 is 1.09 bits per heavy atom. The second-order valence-electron chi connectivity index (χ2n) is 5.81. The van der Waals surface area contributed by atoms with Crippen LogP contribution in [-0.4, -0.2) is 37.3 Å². The molecule has 1 unspecified atom stereocenters. The van der Waals surface area contributed by atoms with Crippen LogP contribution in [0.1, 0.15) is 32.1 Å². The molecule has 0 aliphatic heterocycles. The zero-order chi connectivity index (χ0) is 16.3. The van der Waals surface area contributed by atoms with E-state index >= 15 is 0 Å². The summed E-state index contributed by atoms with van der Waals surface area (Å²) in [5, 5.41) is 0. The molecule has 1 fully saturated rings. The first-order chi connectivity index (χ1) is 10.3. The number of benzene rings is 1. The second-order valence-corrected chi connectivity index (χ2v) is 9.79. The van der Waals surface area contributed by atoms with Gasteiger partial charge in [-0.2, -0.15) is 8.42 Å². The fourth-order valence-corrected chi connectivity index (χ4v) is 6.10. The van der Waals surface area contributed by atoms with Crippen LogP contribution >= 0.6 is 0 Å². The number of hydrogen-bond acceptors (Lipinski definition) is 5.